The topological polar surface area (TPSA) is 25.8 Å². The molecule has 0 aliphatic carbocycles. The third kappa shape index (κ3) is 7.78. The second-order valence-corrected chi connectivity index (χ2v) is 1.90. The molecule has 0 heterocycles. The molecule has 0 atom stereocenters. The summed E-state index contributed by atoms with van der Waals surface area (Å²) in [6.07, 6.45) is -1.57. The number of alkyl halides is 2. The molecule has 0 saturated carbocycles. The van der Waals surface area contributed by atoms with Crippen molar-refractivity contribution in [3.05, 3.63) is 7.05 Å². The van der Waals surface area contributed by atoms with Gasteiger partial charge in [-0.1, -0.05) is 0 Å². The van der Waals surface area contributed by atoms with Crippen LogP contribution in [0.25, 0.3) is 0 Å². The first kappa shape index (κ1) is 9.78. The quantitative estimate of drug-likeness (QED) is 0.422. The fraction of sp³-hybridized carbons (Fsp3) is 0.833. The van der Waals surface area contributed by atoms with E-state index < -0.39 is 13.0 Å². The highest BCUT2D eigenvalue weighted by molar-refractivity contribution is 4.35. The van der Waals surface area contributed by atoms with Crippen molar-refractivity contribution in [3.63, 3.8) is 0 Å². The second kappa shape index (κ2) is 6.89. The highest BCUT2D eigenvalue weighted by Crippen LogP contribution is 1.92. The van der Waals surface area contributed by atoms with Gasteiger partial charge in [0.1, 0.15) is 6.61 Å². The summed E-state index contributed by atoms with van der Waals surface area (Å²) in [5.41, 5.74) is 0. The molecule has 0 aliphatic heterocycles. The van der Waals surface area contributed by atoms with Crippen LogP contribution in [-0.2, 0) is 4.74 Å². The first-order valence-electron chi connectivity index (χ1n) is 3.24. The number of rotatable bonds is 6. The van der Waals surface area contributed by atoms with E-state index in [2.05, 4.69) is 11.8 Å². The van der Waals surface area contributed by atoms with E-state index in [-0.39, 0.29) is 0 Å². The van der Waals surface area contributed by atoms with Crippen LogP contribution in [0, 0.1) is 7.05 Å². The van der Waals surface area contributed by atoms with E-state index in [1.54, 1.807) is 5.32 Å². The van der Waals surface area contributed by atoms with Gasteiger partial charge in [-0.05, 0) is 0 Å². The van der Waals surface area contributed by atoms with Crippen LogP contribution in [0.4, 0.5) is 8.78 Å². The summed E-state index contributed by atoms with van der Waals surface area (Å²) in [4.78, 5) is 0. The van der Waals surface area contributed by atoms with Gasteiger partial charge in [0.05, 0.1) is 13.2 Å². The van der Waals surface area contributed by atoms with E-state index in [9.17, 15) is 8.78 Å². The lowest BCUT2D eigenvalue weighted by molar-refractivity contribution is -0.596. The van der Waals surface area contributed by atoms with E-state index in [1.165, 1.54) is 0 Å². The Morgan fingerprint density at radius 2 is 2.20 bits per heavy atom. The molecular formula is C6H13F2NO. The first-order valence-corrected chi connectivity index (χ1v) is 3.24. The molecule has 2 nitrogen and oxygen atoms in total. The average molecular weight is 153 g/mol. The van der Waals surface area contributed by atoms with E-state index in [1.807, 2.05) is 0 Å². The van der Waals surface area contributed by atoms with Crippen LogP contribution in [0.1, 0.15) is 6.42 Å². The second-order valence-electron chi connectivity index (χ2n) is 1.90. The Hall–Kier alpha value is -0.220. The van der Waals surface area contributed by atoms with Crippen molar-refractivity contribution in [3.8, 4) is 0 Å². The Morgan fingerprint density at radius 1 is 1.50 bits per heavy atom. The summed E-state index contributed by atoms with van der Waals surface area (Å²) < 4.78 is 27.4. The molecule has 0 spiro atoms. The number of quaternary nitrogens is 1. The van der Waals surface area contributed by atoms with Crippen LogP contribution >= 0.6 is 0 Å². The Kier molecular flexibility index (Phi) is 6.74. The van der Waals surface area contributed by atoms with Gasteiger partial charge in [-0.25, -0.2) is 8.78 Å². The van der Waals surface area contributed by atoms with Gasteiger partial charge in [0.2, 0.25) is 0 Å². The summed E-state index contributed by atoms with van der Waals surface area (Å²) in [7, 11) is 3.49. The Labute approximate surface area is 59.6 Å². The molecule has 2 N–H and O–H groups in total. The van der Waals surface area contributed by atoms with E-state index in [0.29, 0.717) is 6.61 Å². The van der Waals surface area contributed by atoms with Gasteiger partial charge in [0.25, 0.3) is 6.43 Å². The molecule has 10 heavy (non-hydrogen) atoms. The molecule has 0 bridgehead atoms. The number of nitrogens with two attached hydrogens (primary N) is 1. The highest BCUT2D eigenvalue weighted by Gasteiger charge is 2.00. The van der Waals surface area contributed by atoms with Crippen molar-refractivity contribution in [2.75, 3.05) is 19.8 Å². The third-order valence-electron chi connectivity index (χ3n) is 0.941. The fourth-order valence-electron chi connectivity index (χ4n) is 0.502. The molecule has 0 amide bonds. The zero-order valence-corrected chi connectivity index (χ0v) is 5.85. The summed E-state index contributed by atoms with van der Waals surface area (Å²) >= 11 is 0. The zero-order chi connectivity index (χ0) is 7.82. The largest absolute Gasteiger partial charge is 0.479 e. The van der Waals surface area contributed by atoms with Gasteiger partial charge in [-0.3, -0.25) is 0 Å². The maximum atomic E-state index is 11.4. The Morgan fingerprint density at radius 3 is 2.70 bits per heavy atom. The smallest absolute Gasteiger partial charge is 0.261 e. The highest BCUT2D eigenvalue weighted by atomic mass is 19.3. The van der Waals surface area contributed by atoms with Crippen molar-refractivity contribution in [1.82, 2.24) is 0 Å². The number of halogens is 2. The molecule has 0 saturated heterocycles. The predicted molar refractivity (Wildman–Crippen MR) is 33.6 cm³/mol. The van der Waals surface area contributed by atoms with Crippen LogP contribution < -0.4 is 5.32 Å². The molecular weight excluding hydrogens is 140 g/mol. The average Bonchev–Trinajstić information content (AvgIpc) is 1.87. The molecule has 0 aromatic rings. The summed E-state index contributed by atoms with van der Waals surface area (Å²) in [5.74, 6) is 0. The first-order chi connectivity index (χ1) is 4.77. The standard InChI is InChI=1S/C6H13F2NO/c1-9-3-2-4-10-5-6(7)8/h6H,1-5,9H2. The van der Waals surface area contributed by atoms with Crippen LogP contribution in [-0.4, -0.2) is 26.2 Å². The molecule has 0 aliphatic rings. The van der Waals surface area contributed by atoms with E-state index in [4.69, 9.17) is 0 Å². The maximum Gasteiger partial charge on any atom is 0.261 e. The third-order valence-corrected chi connectivity index (χ3v) is 0.941. The van der Waals surface area contributed by atoms with Crippen molar-refractivity contribution in [2.45, 2.75) is 12.8 Å². The molecule has 62 valence electrons. The minimum absolute atomic E-state index is 0.399. The minimum Gasteiger partial charge on any atom is -0.479 e. The van der Waals surface area contributed by atoms with Gasteiger partial charge in [0, 0.05) is 6.42 Å². The zero-order valence-electron chi connectivity index (χ0n) is 5.85. The molecule has 0 radical (unpaired) electrons. The van der Waals surface area contributed by atoms with Crippen molar-refractivity contribution in [2.24, 2.45) is 0 Å². The predicted octanol–water partition coefficient (Wildman–Crippen LogP) is 0.0132. The maximum absolute atomic E-state index is 11.4. The van der Waals surface area contributed by atoms with Gasteiger partial charge in [-0.2, -0.15) is 7.05 Å². The molecule has 0 aromatic heterocycles. The lowest BCUT2D eigenvalue weighted by Crippen LogP contribution is -2.77. The minimum atomic E-state index is -2.34. The molecule has 0 unspecified atom stereocenters. The number of hydrogen-bond acceptors (Lipinski definition) is 1. The van der Waals surface area contributed by atoms with Crippen molar-refractivity contribution in [1.29, 1.82) is 0 Å². The van der Waals surface area contributed by atoms with Crippen LogP contribution in [0.3, 0.4) is 0 Å². The summed E-state index contributed by atoms with van der Waals surface area (Å²) in [5, 5.41) is 1.74. The Balaban J connectivity index is 2.77. The lowest BCUT2D eigenvalue weighted by atomic mass is 10.4. The van der Waals surface area contributed by atoms with Crippen LogP contribution in [0.15, 0.2) is 0 Å². The molecule has 0 aromatic carbocycles. The monoisotopic (exact) mass is 153 g/mol. The van der Waals surface area contributed by atoms with Gasteiger partial charge in [0.15, 0.2) is 0 Å². The van der Waals surface area contributed by atoms with Crippen LogP contribution in [0.5, 0.6) is 0 Å². The Bertz CT molecular complexity index is 70.8. The van der Waals surface area contributed by atoms with E-state index >= 15 is 0 Å². The van der Waals surface area contributed by atoms with Crippen LogP contribution in [0.2, 0.25) is 0 Å². The van der Waals surface area contributed by atoms with Gasteiger partial charge < -0.3 is 10.1 Å². The lowest BCUT2D eigenvalue weighted by Gasteiger charge is -2.02. The normalized spacial score (nSPS) is 10.8. The number of ether oxygens (including phenoxy) is 1. The fourth-order valence-corrected chi connectivity index (χ4v) is 0.502. The van der Waals surface area contributed by atoms with Gasteiger partial charge in [-0.15, -0.1) is 0 Å². The van der Waals surface area contributed by atoms with E-state index in [0.717, 1.165) is 13.0 Å². The summed E-state index contributed by atoms with van der Waals surface area (Å²) in [6.45, 7) is 0.775. The summed E-state index contributed by atoms with van der Waals surface area (Å²) in [6, 6.07) is 0. The molecule has 0 fully saturated rings. The molecule has 0 rings (SSSR count). The van der Waals surface area contributed by atoms with Crippen molar-refractivity contribution >= 4 is 0 Å². The molecule has 4 heteroatoms. The number of hydrogen-bond donors (Lipinski definition) is 1. The SMILES string of the molecule is [CH2-][NH2+]CCCOCC(F)F. The van der Waals surface area contributed by atoms with Gasteiger partial charge >= 0.3 is 0 Å². The van der Waals surface area contributed by atoms with Crippen molar-refractivity contribution < 1.29 is 18.8 Å².